The van der Waals surface area contributed by atoms with E-state index in [1.807, 2.05) is 12.3 Å². The summed E-state index contributed by atoms with van der Waals surface area (Å²) in [4.78, 5) is 7.68. The number of nitrogens with zero attached hydrogens (tertiary/aromatic N) is 1. The number of rotatable bonds is 1. The van der Waals surface area contributed by atoms with E-state index in [1.54, 1.807) is 0 Å². The number of hydrogen-bond acceptors (Lipinski definition) is 2. The fourth-order valence-electron chi connectivity index (χ4n) is 2.12. The smallest absolute Gasteiger partial charge is 0.137 e. The van der Waals surface area contributed by atoms with Crippen molar-refractivity contribution in [1.82, 2.24) is 15.3 Å². The first kappa shape index (κ1) is 10.6. The van der Waals surface area contributed by atoms with E-state index in [0.717, 1.165) is 18.7 Å². The molecule has 3 rings (SSSR count). The summed E-state index contributed by atoms with van der Waals surface area (Å²) >= 11 is 0. The summed E-state index contributed by atoms with van der Waals surface area (Å²) in [5, 5.41) is 4.59. The Kier molecular flexibility index (Phi) is 3.07. The van der Waals surface area contributed by atoms with Crippen molar-refractivity contribution >= 4 is 28.0 Å². The summed E-state index contributed by atoms with van der Waals surface area (Å²) in [6, 6.07) is 6.30. The molecule has 3 heterocycles. The third-order valence-electron chi connectivity index (χ3n) is 2.91. The first-order valence-electron chi connectivity index (χ1n) is 5.08. The van der Waals surface area contributed by atoms with E-state index in [2.05, 4.69) is 27.4 Å². The summed E-state index contributed by atoms with van der Waals surface area (Å²) in [5.74, 6) is 0.643. The zero-order chi connectivity index (χ0) is 9.38. The molecule has 0 amide bonds. The highest BCUT2D eigenvalue weighted by molar-refractivity contribution is 8.93. The number of aromatic amines is 1. The third kappa shape index (κ3) is 1.92. The van der Waals surface area contributed by atoms with Crippen LogP contribution >= 0.6 is 17.0 Å². The quantitative estimate of drug-likeness (QED) is 0.832. The van der Waals surface area contributed by atoms with E-state index in [0.29, 0.717) is 5.92 Å². The van der Waals surface area contributed by atoms with Crippen molar-refractivity contribution < 1.29 is 0 Å². The monoisotopic (exact) mass is 267 g/mol. The highest BCUT2D eigenvalue weighted by Crippen LogP contribution is 2.24. The number of H-pyrrole nitrogens is 1. The lowest BCUT2D eigenvalue weighted by atomic mass is 10.1. The maximum atomic E-state index is 4.30. The Morgan fingerprint density at radius 1 is 1.40 bits per heavy atom. The van der Waals surface area contributed by atoms with Crippen LogP contribution in [-0.4, -0.2) is 23.1 Å². The zero-order valence-corrected chi connectivity index (χ0v) is 10.1. The highest BCUT2D eigenvalue weighted by Gasteiger charge is 2.18. The van der Waals surface area contributed by atoms with Crippen LogP contribution in [0.2, 0.25) is 0 Å². The standard InChI is InChI=1S/C11H13N3.BrH/c1-2-8-6-10(9-3-5-12-7-9)14-11(8)13-4-1;/h1-2,4,6,9,12H,3,5,7H2,(H,13,14);1H. The maximum Gasteiger partial charge on any atom is 0.137 e. The molecular formula is C11H14BrN3. The van der Waals surface area contributed by atoms with Gasteiger partial charge in [0.1, 0.15) is 5.65 Å². The molecule has 1 aliphatic heterocycles. The van der Waals surface area contributed by atoms with Crippen LogP contribution in [0.4, 0.5) is 0 Å². The lowest BCUT2D eigenvalue weighted by molar-refractivity contribution is 0.743. The van der Waals surface area contributed by atoms with Crippen molar-refractivity contribution in [3.05, 3.63) is 30.1 Å². The molecule has 0 bridgehead atoms. The molecule has 80 valence electrons. The number of fused-ring (bicyclic) bond motifs is 1. The van der Waals surface area contributed by atoms with Gasteiger partial charge in [0.2, 0.25) is 0 Å². The van der Waals surface area contributed by atoms with Gasteiger partial charge in [-0.05, 0) is 31.2 Å². The number of halogens is 1. The molecule has 3 nitrogen and oxygen atoms in total. The van der Waals surface area contributed by atoms with E-state index in [9.17, 15) is 0 Å². The van der Waals surface area contributed by atoms with Crippen LogP contribution in [0.5, 0.6) is 0 Å². The first-order chi connectivity index (χ1) is 6.93. The fourth-order valence-corrected chi connectivity index (χ4v) is 2.12. The summed E-state index contributed by atoms with van der Waals surface area (Å²) in [5.41, 5.74) is 2.33. The Hall–Kier alpha value is -0.870. The molecular weight excluding hydrogens is 254 g/mol. The molecule has 1 atom stereocenters. The summed E-state index contributed by atoms with van der Waals surface area (Å²) < 4.78 is 0. The van der Waals surface area contributed by atoms with E-state index >= 15 is 0 Å². The molecule has 2 aromatic heterocycles. The van der Waals surface area contributed by atoms with Crippen LogP contribution in [0.1, 0.15) is 18.0 Å². The molecule has 15 heavy (non-hydrogen) atoms. The molecule has 0 saturated carbocycles. The molecule has 0 radical (unpaired) electrons. The van der Waals surface area contributed by atoms with E-state index in [-0.39, 0.29) is 17.0 Å². The van der Waals surface area contributed by atoms with Gasteiger partial charge in [0, 0.05) is 29.7 Å². The van der Waals surface area contributed by atoms with Crippen LogP contribution in [0.25, 0.3) is 11.0 Å². The highest BCUT2D eigenvalue weighted by atomic mass is 79.9. The van der Waals surface area contributed by atoms with Gasteiger partial charge < -0.3 is 10.3 Å². The van der Waals surface area contributed by atoms with Crippen molar-refractivity contribution in [3.63, 3.8) is 0 Å². The van der Waals surface area contributed by atoms with Crippen LogP contribution in [-0.2, 0) is 0 Å². The second-order valence-electron chi connectivity index (χ2n) is 3.86. The fraction of sp³-hybridized carbons (Fsp3) is 0.364. The minimum Gasteiger partial charge on any atom is -0.343 e. The zero-order valence-electron chi connectivity index (χ0n) is 8.36. The second kappa shape index (κ2) is 4.33. The van der Waals surface area contributed by atoms with Crippen LogP contribution in [0, 0.1) is 0 Å². The minimum absolute atomic E-state index is 0. The SMILES string of the molecule is Br.c1cnc2[nH]c(C3CCNC3)cc2c1. The predicted molar refractivity (Wildman–Crippen MR) is 66.6 cm³/mol. The van der Waals surface area contributed by atoms with Crippen molar-refractivity contribution in [2.24, 2.45) is 0 Å². The Morgan fingerprint density at radius 3 is 3.07 bits per heavy atom. The minimum atomic E-state index is 0. The van der Waals surface area contributed by atoms with Gasteiger partial charge in [0.25, 0.3) is 0 Å². The van der Waals surface area contributed by atoms with Gasteiger partial charge in [-0.25, -0.2) is 4.98 Å². The number of nitrogens with one attached hydrogen (secondary N) is 2. The normalized spacial score (nSPS) is 20.4. The van der Waals surface area contributed by atoms with Crippen LogP contribution in [0.3, 0.4) is 0 Å². The van der Waals surface area contributed by atoms with E-state index in [1.165, 1.54) is 17.5 Å². The molecule has 1 fully saturated rings. The molecule has 1 unspecified atom stereocenters. The van der Waals surface area contributed by atoms with Gasteiger partial charge >= 0.3 is 0 Å². The van der Waals surface area contributed by atoms with Gasteiger partial charge in [0.15, 0.2) is 0 Å². The third-order valence-corrected chi connectivity index (χ3v) is 2.91. The van der Waals surface area contributed by atoms with Crippen molar-refractivity contribution in [1.29, 1.82) is 0 Å². The van der Waals surface area contributed by atoms with Crippen molar-refractivity contribution in [2.45, 2.75) is 12.3 Å². The van der Waals surface area contributed by atoms with Gasteiger partial charge in [0.05, 0.1) is 0 Å². The number of hydrogen-bond donors (Lipinski definition) is 2. The molecule has 4 heteroatoms. The average Bonchev–Trinajstić information content (AvgIpc) is 2.86. The Labute approximate surface area is 99.1 Å². The van der Waals surface area contributed by atoms with Gasteiger partial charge in [-0.2, -0.15) is 0 Å². The Morgan fingerprint density at radius 2 is 2.33 bits per heavy atom. The van der Waals surface area contributed by atoms with Crippen LogP contribution < -0.4 is 5.32 Å². The molecule has 0 aromatic carbocycles. The topological polar surface area (TPSA) is 40.7 Å². The molecule has 2 N–H and O–H groups in total. The first-order valence-corrected chi connectivity index (χ1v) is 5.08. The lowest BCUT2D eigenvalue weighted by Gasteiger charge is -2.03. The summed E-state index contributed by atoms with van der Waals surface area (Å²) in [6.45, 7) is 2.22. The average molecular weight is 268 g/mol. The van der Waals surface area contributed by atoms with E-state index in [4.69, 9.17) is 0 Å². The van der Waals surface area contributed by atoms with E-state index < -0.39 is 0 Å². The summed E-state index contributed by atoms with van der Waals surface area (Å²) in [7, 11) is 0. The Bertz CT molecular complexity index is 413. The number of pyridine rings is 1. The van der Waals surface area contributed by atoms with Crippen molar-refractivity contribution in [3.8, 4) is 0 Å². The molecule has 1 saturated heterocycles. The van der Waals surface area contributed by atoms with Gasteiger partial charge in [-0.15, -0.1) is 17.0 Å². The number of aromatic nitrogens is 2. The molecule has 0 spiro atoms. The second-order valence-corrected chi connectivity index (χ2v) is 3.86. The molecule has 1 aliphatic rings. The maximum absolute atomic E-state index is 4.30. The van der Waals surface area contributed by atoms with Crippen molar-refractivity contribution in [2.75, 3.05) is 13.1 Å². The lowest BCUT2D eigenvalue weighted by Crippen LogP contribution is -2.07. The van der Waals surface area contributed by atoms with Crippen LogP contribution in [0.15, 0.2) is 24.4 Å². The Balaban J connectivity index is 0.000000853. The van der Waals surface area contributed by atoms with Gasteiger partial charge in [-0.1, -0.05) is 0 Å². The molecule has 2 aromatic rings. The predicted octanol–water partition coefficient (Wildman–Crippen LogP) is 2.22. The summed E-state index contributed by atoms with van der Waals surface area (Å²) in [6.07, 6.45) is 3.06. The van der Waals surface area contributed by atoms with Gasteiger partial charge in [-0.3, -0.25) is 0 Å². The largest absolute Gasteiger partial charge is 0.343 e. The molecule has 0 aliphatic carbocycles.